The van der Waals surface area contributed by atoms with Crippen LogP contribution in [0.25, 0.3) is 6.08 Å². The molecule has 0 saturated carbocycles. The third-order valence-corrected chi connectivity index (χ3v) is 3.81. The molecular weight excluding hydrogens is 341 g/mol. The fourth-order valence-electron chi connectivity index (χ4n) is 1.91. The lowest BCUT2D eigenvalue weighted by Crippen LogP contribution is -2.12. The number of halogens is 2. The van der Waals surface area contributed by atoms with Crippen LogP contribution in [0.4, 0.5) is 10.1 Å². The topological polar surface area (TPSA) is 63.2 Å². The van der Waals surface area contributed by atoms with E-state index in [2.05, 4.69) is 4.72 Å². The molecule has 0 amide bonds. The molecule has 0 unspecified atom stereocenters. The standard InChI is InChI=1S/C16H13ClFNO3S/c1-23(21,22)19-15-8-3-2-5-12(15)16(20)10-9-11-13(17)6-4-7-14(11)18/h2-10,19H,1H3. The summed E-state index contributed by atoms with van der Waals surface area (Å²) in [7, 11) is -3.52. The van der Waals surface area contributed by atoms with Crippen LogP contribution in [0, 0.1) is 5.82 Å². The maximum Gasteiger partial charge on any atom is 0.229 e. The molecule has 23 heavy (non-hydrogen) atoms. The van der Waals surface area contributed by atoms with Crippen molar-refractivity contribution in [2.75, 3.05) is 11.0 Å². The lowest BCUT2D eigenvalue weighted by Gasteiger charge is -2.08. The molecule has 2 rings (SSSR count). The average Bonchev–Trinajstić information content (AvgIpc) is 2.45. The first-order valence-corrected chi connectivity index (χ1v) is 8.78. The SMILES string of the molecule is CS(=O)(=O)Nc1ccccc1C(=O)C=Cc1c(F)cccc1Cl. The van der Waals surface area contributed by atoms with E-state index >= 15 is 0 Å². The average molecular weight is 354 g/mol. The van der Waals surface area contributed by atoms with Gasteiger partial charge in [-0.1, -0.05) is 29.8 Å². The van der Waals surface area contributed by atoms with Crippen LogP contribution < -0.4 is 4.72 Å². The molecule has 4 nitrogen and oxygen atoms in total. The Balaban J connectivity index is 2.33. The predicted molar refractivity (Wildman–Crippen MR) is 89.7 cm³/mol. The summed E-state index contributed by atoms with van der Waals surface area (Å²) >= 11 is 5.88. The fraction of sp³-hybridized carbons (Fsp3) is 0.0625. The highest BCUT2D eigenvalue weighted by Gasteiger charge is 2.12. The van der Waals surface area contributed by atoms with Crippen molar-refractivity contribution in [3.8, 4) is 0 Å². The minimum absolute atomic E-state index is 0.0936. The normalized spacial score (nSPS) is 11.6. The number of para-hydroxylation sites is 1. The second-order valence-electron chi connectivity index (χ2n) is 4.75. The number of nitrogens with one attached hydrogen (secondary N) is 1. The highest BCUT2D eigenvalue weighted by Crippen LogP contribution is 2.22. The molecule has 120 valence electrons. The van der Waals surface area contributed by atoms with Crippen LogP contribution >= 0.6 is 11.6 Å². The lowest BCUT2D eigenvalue weighted by molar-refractivity contribution is 0.104. The van der Waals surface area contributed by atoms with E-state index in [1.54, 1.807) is 12.1 Å². The number of hydrogen-bond acceptors (Lipinski definition) is 3. The van der Waals surface area contributed by atoms with Gasteiger partial charge in [-0.3, -0.25) is 9.52 Å². The molecule has 0 spiro atoms. The molecule has 0 bridgehead atoms. The van der Waals surface area contributed by atoms with E-state index in [-0.39, 0.29) is 21.8 Å². The van der Waals surface area contributed by atoms with E-state index in [4.69, 9.17) is 11.6 Å². The monoisotopic (exact) mass is 353 g/mol. The van der Waals surface area contributed by atoms with Crippen molar-refractivity contribution in [1.29, 1.82) is 0 Å². The van der Waals surface area contributed by atoms with Crippen LogP contribution in [-0.2, 0) is 10.0 Å². The van der Waals surface area contributed by atoms with Crippen molar-refractivity contribution in [2.24, 2.45) is 0 Å². The zero-order chi connectivity index (χ0) is 17.0. The van der Waals surface area contributed by atoms with Gasteiger partial charge in [0.1, 0.15) is 5.82 Å². The number of sulfonamides is 1. The van der Waals surface area contributed by atoms with Gasteiger partial charge in [0.2, 0.25) is 10.0 Å². The van der Waals surface area contributed by atoms with Gasteiger partial charge in [0.15, 0.2) is 5.78 Å². The predicted octanol–water partition coefficient (Wildman–Crippen LogP) is 3.75. The molecule has 2 aromatic carbocycles. The summed E-state index contributed by atoms with van der Waals surface area (Å²) in [5, 5.41) is 0.177. The smallest absolute Gasteiger partial charge is 0.229 e. The number of anilines is 1. The van der Waals surface area contributed by atoms with Gasteiger partial charge in [0, 0.05) is 11.1 Å². The Hall–Kier alpha value is -2.18. The van der Waals surface area contributed by atoms with Gasteiger partial charge in [-0.25, -0.2) is 12.8 Å². The lowest BCUT2D eigenvalue weighted by atomic mass is 10.1. The minimum atomic E-state index is -3.52. The molecule has 0 radical (unpaired) electrons. The molecule has 0 aliphatic heterocycles. The largest absolute Gasteiger partial charge is 0.289 e. The zero-order valence-electron chi connectivity index (χ0n) is 12.1. The molecule has 0 heterocycles. The van der Waals surface area contributed by atoms with Crippen LogP contribution in [0.2, 0.25) is 5.02 Å². The maximum atomic E-state index is 13.7. The first-order valence-electron chi connectivity index (χ1n) is 6.51. The Morgan fingerprint density at radius 2 is 1.87 bits per heavy atom. The highest BCUT2D eigenvalue weighted by molar-refractivity contribution is 7.92. The summed E-state index contributed by atoms with van der Waals surface area (Å²) < 4.78 is 38.6. The van der Waals surface area contributed by atoms with E-state index in [1.165, 1.54) is 36.4 Å². The van der Waals surface area contributed by atoms with Crippen LogP contribution in [0.3, 0.4) is 0 Å². The molecule has 2 aromatic rings. The van der Waals surface area contributed by atoms with E-state index < -0.39 is 21.6 Å². The first kappa shape index (κ1) is 17.2. The van der Waals surface area contributed by atoms with Crippen LogP contribution in [0.1, 0.15) is 15.9 Å². The number of benzene rings is 2. The van der Waals surface area contributed by atoms with Gasteiger partial charge in [0.25, 0.3) is 0 Å². The maximum absolute atomic E-state index is 13.7. The molecule has 0 aliphatic carbocycles. The number of hydrogen-bond donors (Lipinski definition) is 1. The number of rotatable bonds is 5. The molecular formula is C16H13ClFNO3S. The Morgan fingerprint density at radius 3 is 2.52 bits per heavy atom. The van der Waals surface area contributed by atoms with E-state index in [0.717, 1.165) is 12.3 Å². The molecule has 0 fully saturated rings. The Bertz CT molecular complexity index is 858. The summed E-state index contributed by atoms with van der Waals surface area (Å²) in [6.45, 7) is 0. The van der Waals surface area contributed by atoms with E-state index in [9.17, 15) is 17.6 Å². The summed E-state index contributed by atoms with van der Waals surface area (Å²) in [6, 6.07) is 10.3. The molecule has 7 heteroatoms. The molecule has 0 saturated heterocycles. The van der Waals surface area contributed by atoms with Crippen molar-refractivity contribution in [1.82, 2.24) is 0 Å². The molecule has 0 aliphatic rings. The van der Waals surface area contributed by atoms with Gasteiger partial charge in [-0.05, 0) is 36.4 Å². The van der Waals surface area contributed by atoms with Crippen molar-refractivity contribution in [3.63, 3.8) is 0 Å². The van der Waals surface area contributed by atoms with Gasteiger partial charge < -0.3 is 0 Å². The summed E-state index contributed by atoms with van der Waals surface area (Å²) in [5.74, 6) is -1.03. The van der Waals surface area contributed by atoms with Crippen LogP contribution in [0.5, 0.6) is 0 Å². The van der Waals surface area contributed by atoms with E-state index in [0.29, 0.717) is 0 Å². The van der Waals surface area contributed by atoms with Crippen molar-refractivity contribution in [3.05, 3.63) is 70.5 Å². The highest BCUT2D eigenvalue weighted by atomic mass is 35.5. The van der Waals surface area contributed by atoms with Crippen molar-refractivity contribution < 1.29 is 17.6 Å². The van der Waals surface area contributed by atoms with Crippen molar-refractivity contribution >= 4 is 39.2 Å². The number of carbonyl (C=O) groups excluding carboxylic acids is 1. The third kappa shape index (κ3) is 4.64. The van der Waals surface area contributed by atoms with Gasteiger partial charge in [0.05, 0.1) is 17.0 Å². The first-order chi connectivity index (χ1) is 10.8. The zero-order valence-corrected chi connectivity index (χ0v) is 13.7. The Morgan fingerprint density at radius 1 is 1.17 bits per heavy atom. The van der Waals surface area contributed by atoms with Crippen molar-refractivity contribution in [2.45, 2.75) is 0 Å². The molecule has 0 aromatic heterocycles. The number of ketones is 1. The van der Waals surface area contributed by atoms with Crippen LogP contribution in [-0.4, -0.2) is 20.5 Å². The summed E-state index contributed by atoms with van der Waals surface area (Å²) in [5.41, 5.74) is 0.405. The fourth-order valence-corrected chi connectivity index (χ4v) is 2.71. The Labute approximate surface area is 138 Å². The van der Waals surface area contributed by atoms with Crippen LogP contribution in [0.15, 0.2) is 48.5 Å². The quantitative estimate of drug-likeness (QED) is 0.657. The van der Waals surface area contributed by atoms with Gasteiger partial charge in [-0.15, -0.1) is 0 Å². The van der Waals surface area contributed by atoms with Gasteiger partial charge in [-0.2, -0.15) is 0 Å². The number of carbonyl (C=O) groups is 1. The Kier molecular flexibility index (Phi) is 5.18. The molecule has 0 atom stereocenters. The number of allylic oxidation sites excluding steroid dienone is 1. The minimum Gasteiger partial charge on any atom is -0.289 e. The second-order valence-corrected chi connectivity index (χ2v) is 6.91. The van der Waals surface area contributed by atoms with E-state index in [1.807, 2.05) is 0 Å². The van der Waals surface area contributed by atoms with Gasteiger partial charge >= 0.3 is 0 Å². The third-order valence-electron chi connectivity index (χ3n) is 2.89. The molecule has 1 N–H and O–H groups in total. The summed E-state index contributed by atoms with van der Waals surface area (Å²) in [6.07, 6.45) is 3.40. The second kappa shape index (κ2) is 6.93. The summed E-state index contributed by atoms with van der Waals surface area (Å²) in [4.78, 5) is 12.3.